The molecule has 0 bridgehead atoms. The van der Waals surface area contributed by atoms with Gasteiger partial charge >= 0.3 is 0 Å². The van der Waals surface area contributed by atoms with Crippen LogP contribution in [0.5, 0.6) is 23.0 Å². The molecular weight excluding hydrogens is 332 g/mol. The van der Waals surface area contributed by atoms with Crippen molar-refractivity contribution in [1.29, 1.82) is 0 Å². The minimum absolute atomic E-state index is 0.0360. The van der Waals surface area contributed by atoms with Crippen molar-refractivity contribution in [2.24, 2.45) is 0 Å². The molecule has 0 radical (unpaired) electrons. The number of phenolic OH excluding ortho intramolecular Hbond substituents is 1. The van der Waals surface area contributed by atoms with Gasteiger partial charge in [0.2, 0.25) is 5.78 Å². The zero-order valence-corrected chi connectivity index (χ0v) is 13.9. The van der Waals surface area contributed by atoms with Gasteiger partial charge in [0.15, 0.2) is 17.3 Å². The van der Waals surface area contributed by atoms with Crippen molar-refractivity contribution in [3.05, 3.63) is 52.2 Å². The number of ether oxygens (including phenoxy) is 3. The number of hydrogen-bond donors (Lipinski definition) is 1. The SMILES string of the molecule is CCOc1cc(C=C2Oc3cc(O)ccc3C2=O)cc(Cl)c1OC. The van der Waals surface area contributed by atoms with E-state index in [1.807, 2.05) is 6.92 Å². The minimum atomic E-state index is -0.255. The maximum atomic E-state index is 12.4. The number of fused-ring (bicyclic) bond motifs is 1. The van der Waals surface area contributed by atoms with E-state index in [1.165, 1.54) is 25.3 Å². The number of methoxy groups -OCH3 is 1. The molecule has 6 heteroatoms. The molecule has 2 aromatic rings. The van der Waals surface area contributed by atoms with E-state index < -0.39 is 0 Å². The summed E-state index contributed by atoms with van der Waals surface area (Å²) < 4.78 is 16.3. The van der Waals surface area contributed by atoms with Crippen LogP contribution in [0.3, 0.4) is 0 Å². The van der Waals surface area contributed by atoms with Crippen molar-refractivity contribution < 1.29 is 24.1 Å². The summed E-state index contributed by atoms with van der Waals surface area (Å²) in [5, 5.41) is 9.86. The molecule has 1 aliphatic heterocycles. The lowest BCUT2D eigenvalue weighted by molar-refractivity contribution is 0.101. The first-order chi connectivity index (χ1) is 11.5. The van der Waals surface area contributed by atoms with E-state index in [0.29, 0.717) is 40.0 Å². The molecule has 5 nitrogen and oxygen atoms in total. The number of rotatable bonds is 4. The fraction of sp³-hybridized carbons (Fsp3) is 0.167. The molecule has 2 aromatic carbocycles. The molecule has 1 aliphatic rings. The van der Waals surface area contributed by atoms with Crippen molar-refractivity contribution in [2.45, 2.75) is 6.92 Å². The molecule has 1 N–H and O–H groups in total. The van der Waals surface area contributed by atoms with Crippen LogP contribution < -0.4 is 14.2 Å². The molecule has 0 aliphatic carbocycles. The molecule has 3 rings (SSSR count). The monoisotopic (exact) mass is 346 g/mol. The van der Waals surface area contributed by atoms with Crippen molar-refractivity contribution in [3.63, 3.8) is 0 Å². The second-order valence-corrected chi connectivity index (χ2v) is 5.49. The first kappa shape index (κ1) is 16.2. The van der Waals surface area contributed by atoms with E-state index in [0.717, 1.165) is 0 Å². The van der Waals surface area contributed by atoms with Crippen LogP contribution in [0, 0.1) is 0 Å². The topological polar surface area (TPSA) is 65.0 Å². The van der Waals surface area contributed by atoms with Crippen molar-refractivity contribution >= 4 is 23.5 Å². The van der Waals surface area contributed by atoms with Gasteiger partial charge < -0.3 is 19.3 Å². The average molecular weight is 347 g/mol. The Bertz CT molecular complexity index is 842. The quantitative estimate of drug-likeness (QED) is 0.845. The average Bonchev–Trinajstić information content (AvgIpc) is 2.83. The first-order valence-corrected chi connectivity index (χ1v) is 7.69. The van der Waals surface area contributed by atoms with Crippen LogP contribution in [-0.2, 0) is 0 Å². The van der Waals surface area contributed by atoms with Crippen LogP contribution in [-0.4, -0.2) is 24.6 Å². The number of carbonyl (C=O) groups excluding carboxylic acids is 1. The number of allylic oxidation sites excluding steroid dienone is 1. The summed E-state index contributed by atoms with van der Waals surface area (Å²) in [5.74, 6) is 1.19. The van der Waals surface area contributed by atoms with E-state index in [2.05, 4.69) is 0 Å². The van der Waals surface area contributed by atoms with E-state index in [4.69, 9.17) is 25.8 Å². The Morgan fingerprint density at radius 2 is 2.08 bits per heavy atom. The van der Waals surface area contributed by atoms with Crippen LogP contribution in [0.1, 0.15) is 22.8 Å². The molecule has 0 spiro atoms. The Morgan fingerprint density at radius 3 is 2.79 bits per heavy atom. The Kier molecular flexibility index (Phi) is 4.36. The van der Waals surface area contributed by atoms with Gasteiger partial charge in [-0.05, 0) is 42.8 Å². The number of halogens is 1. The number of Topliss-reactive ketones (excluding diaryl/α,β-unsaturated/α-hetero) is 1. The van der Waals surface area contributed by atoms with Gasteiger partial charge in [-0.1, -0.05) is 11.6 Å². The largest absolute Gasteiger partial charge is 0.508 e. The lowest BCUT2D eigenvalue weighted by atomic mass is 10.1. The summed E-state index contributed by atoms with van der Waals surface area (Å²) in [7, 11) is 1.51. The Morgan fingerprint density at radius 1 is 1.29 bits per heavy atom. The highest BCUT2D eigenvalue weighted by Gasteiger charge is 2.27. The third kappa shape index (κ3) is 2.90. The van der Waals surface area contributed by atoms with Crippen LogP contribution in [0.4, 0.5) is 0 Å². The van der Waals surface area contributed by atoms with E-state index >= 15 is 0 Å². The van der Waals surface area contributed by atoms with Gasteiger partial charge in [-0.15, -0.1) is 0 Å². The molecule has 0 aromatic heterocycles. The summed E-state index contributed by atoms with van der Waals surface area (Å²) in [5.41, 5.74) is 1.05. The molecule has 0 fully saturated rings. The van der Waals surface area contributed by atoms with Gasteiger partial charge in [-0.25, -0.2) is 0 Å². The van der Waals surface area contributed by atoms with Crippen molar-refractivity contribution in [2.75, 3.05) is 13.7 Å². The van der Waals surface area contributed by atoms with Gasteiger partial charge in [-0.3, -0.25) is 4.79 Å². The summed E-state index contributed by atoms with van der Waals surface area (Å²) in [6.07, 6.45) is 1.58. The summed E-state index contributed by atoms with van der Waals surface area (Å²) in [6.45, 7) is 2.30. The summed E-state index contributed by atoms with van der Waals surface area (Å²) in [4.78, 5) is 12.4. The Balaban J connectivity index is 1.99. The number of ketones is 1. The molecule has 0 atom stereocenters. The minimum Gasteiger partial charge on any atom is -0.508 e. The first-order valence-electron chi connectivity index (χ1n) is 7.31. The highest BCUT2D eigenvalue weighted by Crippen LogP contribution is 2.38. The van der Waals surface area contributed by atoms with Gasteiger partial charge in [0.1, 0.15) is 11.5 Å². The molecule has 124 valence electrons. The molecule has 0 unspecified atom stereocenters. The fourth-order valence-corrected chi connectivity index (χ4v) is 2.76. The van der Waals surface area contributed by atoms with Gasteiger partial charge in [0.25, 0.3) is 0 Å². The van der Waals surface area contributed by atoms with Crippen LogP contribution >= 0.6 is 11.6 Å². The predicted molar refractivity (Wildman–Crippen MR) is 90.2 cm³/mol. The molecule has 0 amide bonds. The van der Waals surface area contributed by atoms with Gasteiger partial charge in [0.05, 0.1) is 24.3 Å². The third-order valence-corrected chi connectivity index (χ3v) is 3.77. The highest BCUT2D eigenvalue weighted by molar-refractivity contribution is 6.32. The number of hydrogen-bond acceptors (Lipinski definition) is 5. The number of carbonyl (C=O) groups is 1. The van der Waals surface area contributed by atoms with Crippen molar-refractivity contribution in [1.82, 2.24) is 0 Å². The lowest BCUT2D eigenvalue weighted by Crippen LogP contribution is -1.99. The zero-order chi connectivity index (χ0) is 17.3. The Labute approximate surface area is 144 Å². The molecule has 0 saturated heterocycles. The zero-order valence-electron chi connectivity index (χ0n) is 13.1. The maximum Gasteiger partial charge on any atom is 0.231 e. The highest BCUT2D eigenvalue weighted by atomic mass is 35.5. The van der Waals surface area contributed by atoms with Crippen molar-refractivity contribution in [3.8, 4) is 23.0 Å². The summed E-state index contributed by atoms with van der Waals surface area (Å²) >= 11 is 6.21. The molecule has 24 heavy (non-hydrogen) atoms. The predicted octanol–water partition coefficient (Wildman–Crippen LogP) is 4.07. The summed E-state index contributed by atoms with van der Waals surface area (Å²) in [6, 6.07) is 7.76. The van der Waals surface area contributed by atoms with Crippen LogP contribution in [0.15, 0.2) is 36.1 Å². The number of benzene rings is 2. The van der Waals surface area contributed by atoms with Crippen LogP contribution in [0.25, 0.3) is 6.08 Å². The fourth-order valence-electron chi connectivity index (χ4n) is 2.46. The molecule has 0 saturated carbocycles. The van der Waals surface area contributed by atoms with E-state index in [9.17, 15) is 9.90 Å². The molecule has 1 heterocycles. The molecular formula is C18H15ClO5. The standard InChI is InChI=1S/C18H15ClO5/c1-3-23-16-8-10(6-13(19)18(16)22-2)7-15-17(21)12-5-4-11(20)9-14(12)24-15/h4-9,20H,3H2,1-2H3. The number of phenols is 1. The number of aromatic hydroxyl groups is 1. The third-order valence-electron chi connectivity index (χ3n) is 3.49. The second kappa shape index (κ2) is 6.45. The Hall–Kier alpha value is -2.66. The maximum absolute atomic E-state index is 12.4. The smallest absolute Gasteiger partial charge is 0.231 e. The van der Waals surface area contributed by atoms with E-state index in [-0.39, 0.29) is 17.3 Å². The van der Waals surface area contributed by atoms with E-state index in [1.54, 1.807) is 18.2 Å². The van der Waals surface area contributed by atoms with Gasteiger partial charge in [0, 0.05) is 6.07 Å². The second-order valence-electron chi connectivity index (χ2n) is 5.09. The normalized spacial score (nSPS) is 14.5. The van der Waals surface area contributed by atoms with Gasteiger partial charge in [-0.2, -0.15) is 0 Å². The van der Waals surface area contributed by atoms with Crippen LogP contribution in [0.2, 0.25) is 5.02 Å². The lowest BCUT2D eigenvalue weighted by Gasteiger charge is -2.12.